The minimum atomic E-state index is -0.491. The molecule has 0 bridgehead atoms. The van der Waals surface area contributed by atoms with Crippen LogP contribution in [-0.2, 0) is 4.79 Å². The molecule has 0 aromatic heterocycles. The first kappa shape index (κ1) is 14.6. The molecule has 108 valence electrons. The van der Waals surface area contributed by atoms with E-state index in [1.807, 2.05) is 13.8 Å². The Balaban J connectivity index is 2.08. The molecule has 0 unspecified atom stereocenters. The van der Waals surface area contributed by atoms with Gasteiger partial charge in [0.15, 0.2) is 0 Å². The summed E-state index contributed by atoms with van der Waals surface area (Å²) in [7, 11) is 0. The Kier molecular flexibility index (Phi) is 4.13. The van der Waals surface area contributed by atoms with E-state index in [-0.39, 0.29) is 28.7 Å². The van der Waals surface area contributed by atoms with Crippen LogP contribution in [0.2, 0.25) is 5.02 Å². The number of amides is 1. The largest absolute Gasteiger partial charge is 0.379 e. The molecule has 1 N–H and O–H groups in total. The predicted molar refractivity (Wildman–Crippen MR) is 77.0 cm³/mol. The number of benzene rings is 1. The van der Waals surface area contributed by atoms with Gasteiger partial charge in [0.1, 0.15) is 0 Å². The molecule has 2 rings (SSSR count). The number of nitrogens with zero attached hydrogens (tertiary/aromatic N) is 2. The number of halogens is 1. The number of non-ortho nitro benzene ring substituents is 1. The molecule has 0 spiro atoms. The molecule has 1 heterocycles. The summed E-state index contributed by atoms with van der Waals surface area (Å²) in [5.74, 6) is 0.107. The molecule has 1 aromatic carbocycles. The second-order valence-electron chi connectivity index (χ2n) is 5.11. The number of hydrogen-bond donors (Lipinski definition) is 1. The van der Waals surface area contributed by atoms with Crippen molar-refractivity contribution in [2.75, 3.05) is 11.9 Å². The van der Waals surface area contributed by atoms with Gasteiger partial charge >= 0.3 is 0 Å². The summed E-state index contributed by atoms with van der Waals surface area (Å²) in [6, 6.07) is 4.42. The molecule has 0 saturated carbocycles. The lowest BCUT2D eigenvalue weighted by molar-refractivity contribution is -0.384. The smallest absolute Gasteiger partial charge is 0.271 e. The maximum Gasteiger partial charge on any atom is 0.271 e. The van der Waals surface area contributed by atoms with E-state index in [4.69, 9.17) is 11.6 Å². The number of likely N-dealkylation sites (tertiary alicyclic amines) is 1. The first-order chi connectivity index (χ1) is 9.38. The number of rotatable bonds is 4. The average molecular weight is 298 g/mol. The van der Waals surface area contributed by atoms with Crippen molar-refractivity contribution in [3.63, 3.8) is 0 Å². The summed E-state index contributed by atoms with van der Waals surface area (Å²) in [5.41, 5.74) is 0.563. The van der Waals surface area contributed by atoms with Crippen molar-refractivity contribution in [2.45, 2.75) is 32.4 Å². The number of hydrogen-bond acceptors (Lipinski definition) is 4. The molecule has 1 aliphatic rings. The SMILES string of the molecule is CC(C)N1C[C@H](Nc2ccc([N+](=O)[O-])cc2Cl)CC1=O. The van der Waals surface area contributed by atoms with Crippen LogP contribution in [0.4, 0.5) is 11.4 Å². The van der Waals surface area contributed by atoms with Crippen molar-refractivity contribution in [3.05, 3.63) is 33.3 Å². The fraction of sp³-hybridized carbons (Fsp3) is 0.462. The third kappa shape index (κ3) is 3.01. The molecule has 1 aliphatic heterocycles. The van der Waals surface area contributed by atoms with Crippen LogP contribution < -0.4 is 5.32 Å². The maximum absolute atomic E-state index is 11.8. The quantitative estimate of drug-likeness (QED) is 0.685. The predicted octanol–water partition coefficient (Wildman–Crippen LogP) is 2.67. The van der Waals surface area contributed by atoms with Crippen LogP contribution in [0, 0.1) is 10.1 Å². The average Bonchev–Trinajstić information content (AvgIpc) is 2.73. The summed E-state index contributed by atoms with van der Waals surface area (Å²) in [5, 5.41) is 14.1. The fourth-order valence-electron chi connectivity index (χ4n) is 2.28. The number of carbonyl (C=O) groups excluding carboxylic acids is 1. The highest BCUT2D eigenvalue weighted by molar-refractivity contribution is 6.33. The zero-order valence-corrected chi connectivity index (χ0v) is 12.1. The van der Waals surface area contributed by atoms with Gasteiger partial charge in [-0.15, -0.1) is 0 Å². The molecule has 1 amide bonds. The van der Waals surface area contributed by atoms with Crippen molar-refractivity contribution >= 4 is 28.9 Å². The normalized spacial score (nSPS) is 18.7. The van der Waals surface area contributed by atoms with Crippen LogP contribution in [-0.4, -0.2) is 34.4 Å². The number of carbonyl (C=O) groups is 1. The van der Waals surface area contributed by atoms with Crippen molar-refractivity contribution in [3.8, 4) is 0 Å². The van der Waals surface area contributed by atoms with Crippen LogP contribution >= 0.6 is 11.6 Å². The highest BCUT2D eigenvalue weighted by Crippen LogP contribution is 2.28. The van der Waals surface area contributed by atoms with Crippen molar-refractivity contribution < 1.29 is 9.72 Å². The van der Waals surface area contributed by atoms with E-state index in [2.05, 4.69) is 5.32 Å². The molecule has 1 saturated heterocycles. The number of nitrogens with one attached hydrogen (secondary N) is 1. The van der Waals surface area contributed by atoms with Crippen LogP contribution in [0.15, 0.2) is 18.2 Å². The molecule has 1 aromatic rings. The lowest BCUT2D eigenvalue weighted by Gasteiger charge is -2.21. The Labute approximate surface area is 121 Å². The molecule has 1 fully saturated rings. The summed E-state index contributed by atoms with van der Waals surface area (Å²) in [4.78, 5) is 23.8. The molecule has 0 aliphatic carbocycles. The highest BCUT2D eigenvalue weighted by atomic mass is 35.5. The highest BCUT2D eigenvalue weighted by Gasteiger charge is 2.31. The molecular weight excluding hydrogens is 282 g/mol. The van der Waals surface area contributed by atoms with Crippen LogP contribution in [0.25, 0.3) is 0 Å². The zero-order valence-electron chi connectivity index (χ0n) is 11.3. The van der Waals surface area contributed by atoms with Gasteiger partial charge in [-0.05, 0) is 19.9 Å². The van der Waals surface area contributed by atoms with Gasteiger partial charge < -0.3 is 10.2 Å². The Morgan fingerprint density at radius 1 is 1.50 bits per heavy atom. The first-order valence-corrected chi connectivity index (χ1v) is 6.76. The minimum Gasteiger partial charge on any atom is -0.379 e. The molecule has 20 heavy (non-hydrogen) atoms. The van der Waals surface area contributed by atoms with E-state index >= 15 is 0 Å². The van der Waals surface area contributed by atoms with E-state index in [0.29, 0.717) is 18.7 Å². The Hall–Kier alpha value is -1.82. The van der Waals surface area contributed by atoms with Gasteiger partial charge in [0, 0.05) is 31.1 Å². The van der Waals surface area contributed by atoms with E-state index in [9.17, 15) is 14.9 Å². The van der Waals surface area contributed by atoms with Crippen molar-refractivity contribution in [2.24, 2.45) is 0 Å². The van der Waals surface area contributed by atoms with Gasteiger partial charge in [-0.25, -0.2) is 0 Å². The second-order valence-corrected chi connectivity index (χ2v) is 5.51. The minimum absolute atomic E-state index is 0.0242. The summed E-state index contributed by atoms with van der Waals surface area (Å²) >= 11 is 6.02. The Bertz CT molecular complexity index is 548. The Morgan fingerprint density at radius 3 is 2.70 bits per heavy atom. The monoisotopic (exact) mass is 297 g/mol. The molecule has 0 radical (unpaired) electrons. The summed E-state index contributed by atoms with van der Waals surface area (Å²) < 4.78 is 0. The van der Waals surface area contributed by atoms with Gasteiger partial charge in [-0.2, -0.15) is 0 Å². The third-order valence-electron chi connectivity index (χ3n) is 3.30. The maximum atomic E-state index is 11.8. The van der Waals surface area contributed by atoms with Crippen molar-refractivity contribution in [1.29, 1.82) is 0 Å². The Morgan fingerprint density at radius 2 is 2.20 bits per heavy atom. The van der Waals surface area contributed by atoms with Gasteiger partial charge in [0.05, 0.1) is 21.7 Å². The van der Waals surface area contributed by atoms with E-state index in [1.54, 1.807) is 11.0 Å². The second kappa shape index (κ2) is 5.66. The first-order valence-electron chi connectivity index (χ1n) is 6.38. The molecular formula is C13H16ClN3O3. The summed E-state index contributed by atoms with van der Waals surface area (Å²) in [6.45, 7) is 4.56. The van der Waals surface area contributed by atoms with E-state index in [1.165, 1.54) is 12.1 Å². The van der Waals surface area contributed by atoms with E-state index < -0.39 is 4.92 Å². The molecule has 7 heteroatoms. The van der Waals surface area contributed by atoms with E-state index in [0.717, 1.165) is 0 Å². The van der Waals surface area contributed by atoms with Gasteiger partial charge in [0.25, 0.3) is 5.69 Å². The zero-order chi connectivity index (χ0) is 14.9. The lowest BCUT2D eigenvalue weighted by atomic mass is 10.2. The van der Waals surface area contributed by atoms with Gasteiger partial charge in [-0.1, -0.05) is 11.6 Å². The number of anilines is 1. The van der Waals surface area contributed by atoms with Crippen molar-refractivity contribution in [1.82, 2.24) is 4.90 Å². The number of nitro groups is 1. The van der Waals surface area contributed by atoms with Gasteiger partial charge in [0.2, 0.25) is 5.91 Å². The molecule has 6 nitrogen and oxygen atoms in total. The fourth-order valence-corrected chi connectivity index (χ4v) is 2.51. The summed E-state index contributed by atoms with van der Waals surface area (Å²) in [6.07, 6.45) is 0.408. The van der Waals surface area contributed by atoms with Crippen LogP contribution in [0.5, 0.6) is 0 Å². The topological polar surface area (TPSA) is 75.5 Å². The lowest BCUT2D eigenvalue weighted by Crippen LogP contribution is -2.33. The van der Waals surface area contributed by atoms with Crippen LogP contribution in [0.1, 0.15) is 20.3 Å². The molecule has 1 atom stereocenters. The van der Waals surface area contributed by atoms with Gasteiger partial charge in [-0.3, -0.25) is 14.9 Å². The third-order valence-corrected chi connectivity index (χ3v) is 3.62. The van der Waals surface area contributed by atoms with Crippen LogP contribution in [0.3, 0.4) is 0 Å². The standard InChI is InChI=1S/C13H16ClN3O3/c1-8(2)16-7-9(5-13(16)18)15-12-4-3-10(17(19)20)6-11(12)14/h3-4,6,8-9,15H,5,7H2,1-2H3/t9-/m1/s1. The number of nitro benzene ring substituents is 1.